The Balaban J connectivity index is 2.25. The van der Waals surface area contributed by atoms with Crippen LogP contribution in [-0.4, -0.2) is 17.2 Å². The van der Waals surface area contributed by atoms with Crippen LogP contribution in [0.15, 0.2) is 24.3 Å². The molecule has 2 nitrogen and oxygen atoms in total. The molecule has 0 spiro atoms. The van der Waals surface area contributed by atoms with Gasteiger partial charge in [0.1, 0.15) is 0 Å². The molecule has 1 aromatic carbocycles. The highest BCUT2D eigenvalue weighted by Crippen LogP contribution is 2.31. The second kappa shape index (κ2) is 4.82. The Morgan fingerprint density at radius 1 is 1.00 bits per heavy atom. The fourth-order valence-corrected chi connectivity index (χ4v) is 2.53. The van der Waals surface area contributed by atoms with Crippen LogP contribution in [0.1, 0.15) is 43.6 Å². The smallest absolute Gasteiger partial charge is 0.423 e. The maximum atomic E-state index is 9.29. The predicted molar refractivity (Wildman–Crippen MR) is 62.1 cm³/mol. The van der Waals surface area contributed by atoms with Crippen LogP contribution in [0.5, 0.6) is 0 Å². The first-order chi connectivity index (χ1) is 7.29. The minimum absolute atomic E-state index is 0.525. The standard InChI is InChI=1S/C12H17BO2/c14-13(15)12-9-5-4-8-11(12)10-6-2-1-3-7-10/h4-5,8-10,14-15H,1-3,6-7H2. The molecule has 0 aliphatic heterocycles. The van der Waals surface area contributed by atoms with Crippen LogP contribution in [-0.2, 0) is 0 Å². The lowest BCUT2D eigenvalue weighted by Crippen LogP contribution is -2.34. The Morgan fingerprint density at radius 2 is 1.67 bits per heavy atom. The first kappa shape index (κ1) is 10.7. The van der Waals surface area contributed by atoms with E-state index in [0.717, 1.165) is 5.56 Å². The molecule has 0 radical (unpaired) electrons. The van der Waals surface area contributed by atoms with Gasteiger partial charge in [0, 0.05) is 0 Å². The molecule has 2 rings (SSSR count). The molecule has 1 aromatic rings. The summed E-state index contributed by atoms with van der Waals surface area (Å²) in [5.41, 5.74) is 1.82. The van der Waals surface area contributed by atoms with E-state index in [1.54, 1.807) is 0 Å². The second-order valence-corrected chi connectivity index (χ2v) is 4.34. The largest absolute Gasteiger partial charge is 0.488 e. The fraction of sp³-hybridized carbons (Fsp3) is 0.500. The molecule has 0 aromatic heterocycles. The van der Waals surface area contributed by atoms with E-state index >= 15 is 0 Å². The van der Waals surface area contributed by atoms with E-state index in [1.807, 2.05) is 24.3 Å². The lowest BCUT2D eigenvalue weighted by Gasteiger charge is -2.24. The first-order valence-electron chi connectivity index (χ1n) is 5.74. The third-order valence-corrected chi connectivity index (χ3v) is 3.32. The molecule has 1 aliphatic carbocycles. The summed E-state index contributed by atoms with van der Waals surface area (Å²) < 4.78 is 0. The van der Waals surface area contributed by atoms with Crippen molar-refractivity contribution < 1.29 is 10.0 Å². The molecule has 80 valence electrons. The molecule has 0 amide bonds. The van der Waals surface area contributed by atoms with Gasteiger partial charge >= 0.3 is 7.12 Å². The summed E-state index contributed by atoms with van der Waals surface area (Å²) in [6.45, 7) is 0. The van der Waals surface area contributed by atoms with Crippen LogP contribution in [0.25, 0.3) is 0 Å². The van der Waals surface area contributed by atoms with Crippen molar-refractivity contribution in [2.45, 2.75) is 38.0 Å². The van der Waals surface area contributed by atoms with Crippen LogP contribution in [0.2, 0.25) is 0 Å². The molecule has 0 bridgehead atoms. The van der Waals surface area contributed by atoms with Crippen LogP contribution in [0.3, 0.4) is 0 Å². The Bertz CT molecular complexity index is 319. The topological polar surface area (TPSA) is 40.5 Å². The van der Waals surface area contributed by atoms with Gasteiger partial charge in [0.2, 0.25) is 0 Å². The summed E-state index contributed by atoms with van der Waals surface area (Å²) in [4.78, 5) is 0. The van der Waals surface area contributed by atoms with Crippen molar-refractivity contribution in [2.24, 2.45) is 0 Å². The molecular formula is C12H17BO2. The summed E-state index contributed by atoms with van der Waals surface area (Å²) in [6.07, 6.45) is 6.22. The number of hydrogen-bond acceptors (Lipinski definition) is 2. The average molecular weight is 204 g/mol. The highest BCUT2D eigenvalue weighted by molar-refractivity contribution is 6.59. The summed E-state index contributed by atoms with van der Waals surface area (Å²) >= 11 is 0. The third kappa shape index (κ3) is 2.41. The van der Waals surface area contributed by atoms with E-state index in [2.05, 4.69) is 0 Å². The molecule has 3 heteroatoms. The van der Waals surface area contributed by atoms with Crippen LogP contribution in [0.4, 0.5) is 0 Å². The van der Waals surface area contributed by atoms with Gasteiger partial charge < -0.3 is 10.0 Å². The van der Waals surface area contributed by atoms with Crippen molar-refractivity contribution in [3.8, 4) is 0 Å². The first-order valence-corrected chi connectivity index (χ1v) is 5.74. The molecule has 0 atom stereocenters. The van der Waals surface area contributed by atoms with Crippen molar-refractivity contribution in [3.05, 3.63) is 29.8 Å². The van der Waals surface area contributed by atoms with Gasteiger partial charge in [0.15, 0.2) is 0 Å². The van der Waals surface area contributed by atoms with Crippen LogP contribution >= 0.6 is 0 Å². The van der Waals surface area contributed by atoms with E-state index in [9.17, 15) is 10.0 Å². The van der Waals surface area contributed by atoms with E-state index in [4.69, 9.17) is 0 Å². The number of hydrogen-bond donors (Lipinski definition) is 2. The molecule has 15 heavy (non-hydrogen) atoms. The summed E-state index contributed by atoms with van der Waals surface area (Å²) in [5.74, 6) is 0.525. The summed E-state index contributed by atoms with van der Waals surface area (Å²) in [7, 11) is -1.33. The Morgan fingerprint density at radius 3 is 2.33 bits per heavy atom. The van der Waals surface area contributed by atoms with Gasteiger partial charge in [-0.2, -0.15) is 0 Å². The highest BCUT2D eigenvalue weighted by atomic mass is 16.4. The SMILES string of the molecule is OB(O)c1ccccc1C1CCCCC1. The van der Waals surface area contributed by atoms with Gasteiger partial charge in [0.25, 0.3) is 0 Å². The van der Waals surface area contributed by atoms with Crippen molar-refractivity contribution in [2.75, 3.05) is 0 Å². The zero-order chi connectivity index (χ0) is 10.7. The molecule has 0 unspecified atom stereocenters. The second-order valence-electron chi connectivity index (χ2n) is 4.34. The summed E-state index contributed by atoms with van der Waals surface area (Å²) in [6, 6.07) is 7.69. The highest BCUT2D eigenvalue weighted by Gasteiger charge is 2.22. The Kier molecular flexibility index (Phi) is 3.44. The molecular weight excluding hydrogens is 187 g/mol. The minimum atomic E-state index is -1.33. The summed E-state index contributed by atoms with van der Waals surface area (Å²) in [5, 5.41) is 18.6. The van der Waals surface area contributed by atoms with Crippen molar-refractivity contribution in [1.82, 2.24) is 0 Å². The van der Waals surface area contributed by atoms with Crippen LogP contribution in [0, 0.1) is 0 Å². The number of benzene rings is 1. The predicted octanol–water partition coefficient (Wildman–Crippen LogP) is 1.41. The van der Waals surface area contributed by atoms with Crippen molar-refractivity contribution >= 4 is 12.6 Å². The Hall–Kier alpha value is -0.795. The zero-order valence-electron chi connectivity index (χ0n) is 8.89. The van der Waals surface area contributed by atoms with Gasteiger partial charge in [-0.3, -0.25) is 0 Å². The van der Waals surface area contributed by atoms with Gasteiger partial charge in [0.05, 0.1) is 0 Å². The van der Waals surface area contributed by atoms with Crippen LogP contribution < -0.4 is 5.46 Å². The van der Waals surface area contributed by atoms with Crippen molar-refractivity contribution in [3.63, 3.8) is 0 Å². The van der Waals surface area contributed by atoms with Crippen molar-refractivity contribution in [1.29, 1.82) is 0 Å². The Labute approximate surface area is 91.1 Å². The van der Waals surface area contributed by atoms with Gasteiger partial charge in [-0.25, -0.2) is 0 Å². The molecule has 1 aliphatic rings. The molecule has 0 saturated heterocycles. The molecule has 0 heterocycles. The maximum absolute atomic E-state index is 9.29. The van der Waals surface area contributed by atoms with E-state index in [1.165, 1.54) is 32.1 Å². The zero-order valence-corrected chi connectivity index (χ0v) is 8.89. The lowest BCUT2D eigenvalue weighted by molar-refractivity contribution is 0.420. The average Bonchev–Trinajstić information content (AvgIpc) is 2.30. The normalized spacial score (nSPS) is 17.7. The lowest BCUT2D eigenvalue weighted by atomic mass is 9.71. The molecule has 1 saturated carbocycles. The molecule has 1 fully saturated rings. The fourth-order valence-electron chi connectivity index (χ4n) is 2.53. The van der Waals surface area contributed by atoms with Gasteiger partial charge in [-0.05, 0) is 29.8 Å². The van der Waals surface area contributed by atoms with E-state index in [-0.39, 0.29) is 0 Å². The third-order valence-electron chi connectivity index (χ3n) is 3.32. The maximum Gasteiger partial charge on any atom is 0.488 e. The van der Waals surface area contributed by atoms with E-state index in [0.29, 0.717) is 11.4 Å². The van der Waals surface area contributed by atoms with Gasteiger partial charge in [-0.15, -0.1) is 0 Å². The monoisotopic (exact) mass is 204 g/mol. The van der Waals surface area contributed by atoms with Gasteiger partial charge in [-0.1, -0.05) is 43.5 Å². The number of rotatable bonds is 2. The minimum Gasteiger partial charge on any atom is -0.423 e. The molecule has 2 N–H and O–H groups in total. The van der Waals surface area contributed by atoms with E-state index < -0.39 is 7.12 Å². The quantitative estimate of drug-likeness (QED) is 0.715.